The molecule has 0 radical (unpaired) electrons. The molecule has 5 heteroatoms. The highest BCUT2D eigenvalue weighted by atomic mass is 16.5. The summed E-state index contributed by atoms with van der Waals surface area (Å²) >= 11 is 0. The van der Waals surface area contributed by atoms with Crippen molar-refractivity contribution < 1.29 is 13.9 Å². The number of ether oxygens (including phenoxy) is 1. The summed E-state index contributed by atoms with van der Waals surface area (Å²) in [6, 6.07) is 14.6. The van der Waals surface area contributed by atoms with Gasteiger partial charge in [0.15, 0.2) is 5.58 Å². The van der Waals surface area contributed by atoms with Crippen LogP contribution in [-0.4, -0.2) is 10.5 Å². The van der Waals surface area contributed by atoms with E-state index in [9.17, 15) is 9.59 Å². The molecule has 5 nitrogen and oxygen atoms in total. The molecule has 0 aliphatic carbocycles. The zero-order chi connectivity index (χ0) is 18.0. The average Bonchev–Trinajstić information content (AvgIpc) is 2.88. The van der Waals surface area contributed by atoms with Crippen LogP contribution in [0.4, 0.5) is 0 Å². The highest BCUT2D eigenvalue weighted by Crippen LogP contribution is 2.24. The normalized spacial score (nSPS) is 11.6. The van der Waals surface area contributed by atoms with Crippen molar-refractivity contribution in [2.24, 2.45) is 0 Å². The third-order valence-corrected chi connectivity index (χ3v) is 4.07. The average molecular weight is 339 g/mol. The summed E-state index contributed by atoms with van der Waals surface area (Å²) in [6.45, 7) is 6.59. The second-order valence-electron chi connectivity index (χ2n) is 6.99. The van der Waals surface area contributed by atoms with Gasteiger partial charge >= 0.3 is 11.7 Å². The highest BCUT2D eigenvalue weighted by molar-refractivity contribution is 5.74. The van der Waals surface area contributed by atoms with Crippen LogP contribution in [0.5, 0.6) is 5.75 Å². The Morgan fingerprint density at radius 1 is 1.08 bits per heavy atom. The van der Waals surface area contributed by atoms with Crippen LogP contribution in [-0.2, 0) is 16.8 Å². The van der Waals surface area contributed by atoms with E-state index in [-0.39, 0.29) is 24.3 Å². The Labute approximate surface area is 145 Å². The summed E-state index contributed by atoms with van der Waals surface area (Å²) in [5.74, 6) is -0.355. The number of nitrogens with zero attached hydrogens (tertiary/aromatic N) is 1. The molecule has 1 heterocycles. The molecule has 1 aromatic heterocycles. The van der Waals surface area contributed by atoms with E-state index < -0.39 is 5.76 Å². The standard InChI is InChI=1S/C20H21NO4/c1-20(2,3)14-8-10-15(11-9-14)24-18(22)12-13-21-16-6-4-5-7-17(16)25-19(21)23/h4-11H,12-13H2,1-3H3. The summed E-state index contributed by atoms with van der Waals surface area (Å²) in [5.41, 5.74) is 2.41. The SMILES string of the molecule is CC(C)(C)c1ccc(OC(=O)CCn2c(=O)oc3ccccc32)cc1. The van der Waals surface area contributed by atoms with Gasteiger partial charge in [-0.2, -0.15) is 0 Å². The van der Waals surface area contributed by atoms with Crippen molar-refractivity contribution in [3.63, 3.8) is 0 Å². The Hall–Kier alpha value is -2.82. The number of hydrogen-bond donors (Lipinski definition) is 0. The molecule has 0 saturated heterocycles. The van der Waals surface area contributed by atoms with Gasteiger partial charge in [-0.15, -0.1) is 0 Å². The second kappa shape index (κ2) is 6.59. The molecule has 2 aromatic carbocycles. The summed E-state index contributed by atoms with van der Waals surface area (Å²) in [5, 5.41) is 0. The van der Waals surface area contributed by atoms with Gasteiger partial charge in [-0.3, -0.25) is 9.36 Å². The number of fused-ring (bicyclic) bond motifs is 1. The molecule has 0 aliphatic rings. The Bertz CT molecular complexity index is 942. The van der Waals surface area contributed by atoms with Crippen molar-refractivity contribution in [2.75, 3.05) is 0 Å². The van der Waals surface area contributed by atoms with Crippen molar-refractivity contribution in [3.8, 4) is 5.75 Å². The number of aryl methyl sites for hydroxylation is 1. The van der Waals surface area contributed by atoms with Crippen molar-refractivity contribution >= 4 is 17.1 Å². The van der Waals surface area contributed by atoms with E-state index in [0.29, 0.717) is 16.8 Å². The number of oxazole rings is 1. The summed E-state index contributed by atoms with van der Waals surface area (Å²) in [7, 11) is 0. The van der Waals surface area contributed by atoms with Crippen LogP contribution < -0.4 is 10.5 Å². The van der Waals surface area contributed by atoms with E-state index in [1.54, 1.807) is 30.3 Å². The lowest BCUT2D eigenvalue weighted by molar-refractivity contribution is -0.134. The van der Waals surface area contributed by atoms with Crippen LogP contribution in [0.15, 0.2) is 57.7 Å². The van der Waals surface area contributed by atoms with Gasteiger partial charge < -0.3 is 9.15 Å². The number of esters is 1. The largest absolute Gasteiger partial charge is 0.426 e. The third kappa shape index (κ3) is 3.82. The minimum absolute atomic E-state index is 0.0477. The predicted octanol–water partition coefficient (Wildman–Crippen LogP) is 3.89. The van der Waals surface area contributed by atoms with E-state index in [2.05, 4.69) is 20.8 Å². The van der Waals surface area contributed by atoms with Crippen molar-refractivity contribution in [2.45, 2.75) is 39.2 Å². The van der Waals surface area contributed by atoms with Crippen LogP contribution in [0.1, 0.15) is 32.8 Å². The molecule has 130 valence electrons. The molecule has 0 bridgehead atoms. The van der Waals surface area contributed by atoms with E-state index in [1.807, 2.05) is 18.2 Å². The molecular weight excluding hydrogens is 318 g/mol. The molecule has 0 atom stereocenters. The lowest BCUT2D eigenvalue weighted by Gasteiger charge is -2.19. The number of para-hydroxylation sites is 2. The number of carbonyl (C=O) groups excluding carboxylic acids is 1. The van der Waals surface area contributed by atoms with Gasteiger partial charge in [-0.1, -0.05) is 45.0 Å². The van der Waals surface area contributed by atoms with Gasteiger partial charge in [0.05, 0.1) is 11.9 Å². The van der Waals surface area contributed by atoms with Crippen LogP contribution in [0, 0.1) is 0 Å². The van der Waals surface area contributed by atoms with Crippen molar-refractivity contribution in [1.82, 2.24) is 4.57 Å². The molecule has 0 spiro atoms. The van der Waals surface area contributed by atoms with Gasteiger partial charge in [0.25, 0.3) is 0 Å². The number of aromatic nitrogens is 1. The maximum atomic E-state index is 12.1. The highest BCUT2D eigenvalue weighted by Gasteiger charge is 2.14. The molecule has 0 amide bonds. The summed E-state index contributed by atoms with van der Waals surface area (Å²) in [6.07, 6.45) is 0.0878. The zero-order valence-corrected chi connectivity index (χ0v) is 14.6. The van der Waals surface area contributed by atoms with Gasteiger partial charge in [-0.05, 0) is 35.2 Å². The molecule has 3 aromatic rings. The van der Waals surface area contributed by atoms with E-state index in [1.165, 1.54) is 10.1 Å². The lowest BCUT2D eigenvalue weighted by atomic mass is 9.87. The van der Waals surface area contributed by atoms with Gasteiger partial charge in [0, 0.05) is 6.54 Å². The third-order valence-electron chi connectivity index (χ3n) is 4.07. The fraction of sp³-hybridized carbons (Fsp3) is 0.300. The second-order valence-corrected chi connectivity index (χ2v) is 6.99. The van der Waals surface area contributed by atoms with Crippen LogP contribution >= 0.6 is 0 Å². The zero-order valence-electron chi connectivity index (χ0n) is 14.6. The first-order valence-corrected chi connectivity index (χ1v) is 8.24. The molecule has 0 saturated carbocycles. The van der Waals surface area contributed by atoms with Crippen molar-refractivity contribution in [3.05, 3.63) is 64.6 Å². The Balaban J connectivity index is 1.65. The molecule has 3 rings (SSSR count). The van der Waals surface area contributed by atoms with Gasteiger partial charge in [0.1, 0.15) is 5.75 Å². The van der Waals surface area contributed by atoms with E-state index in [0.717, 1.165) is 0 Å². The predicted molar refractivity (Wildman–Crippen MR) is 95.9 cm³/mol. The first-order valence-electron chi connectivity index (χ1n) is 8.24. The van der Waals surface area contributed by atoms with Crippen molar-refractivity contribution in [1.29, 1.82) is 0 Å². The van der Waals surface area contributed by atoms with Gasteiger partial charge in [-0.25, -0.2) is 4.79 Å². The molecule has 0 unspecified atom stereocenters. The summed E-state index contributed by atoms with van der Waals surface area (Å²) < 4.78 is 11.9. The fourth-order valence-corrected chi connectivity index (χ4v) is 2.63. The van der Waals surface area contributed by atoms with Crippen LogP contribution in [0.2, 0.25) is 0 Å². The summed E-state index contributed by atoms with van der Waals surface area (Å²) in [4.78, 5) is 24.0. The number of carbonyl (C=O) groups is 1. The minimum Gasteiger partial charge on any atom is -0.426 e. The Morgan fingerprint density at radius 2 is 1.76 bits per heavy atom. The van der Waals surface area contributed by atoms with E-state index >= 15 is 0 Å². The smallest absolute Gasteiger partial charge is 0.419 e. The molecule has 0 aliphatic heterocycles. The Kier molecular flexibility index (Phi) is 4.49. The topological polar surface area (TPSA) is 61.4 Å². The first kappa shape index (κ1) is 17.0. The van der Waals surface area contributed by atoms with Crippen LogP contribution in [0.3, 0.4) is 0 Å². The minimum atomic E-state index is -0.469. The maximum absolute atomic E-state index is 12.1. The number of hydrogen-bond acceptors (Lipinski definition) is 4. The first-order chi connectivity index (χ1) is 11.8. The van der Waals surface area contributed by atoms with Gasteiger partial charge in [0.2, 0.25) is 0 Å². The molecule has 0 fully saturated rings. The Morgan fingerprint density at radius 3 is 2.44 bits per heavy atom. The maximum Gasteiger partial charge on any atom is 0.419 e. The lowest BCUT2D eigenvalue weighted by Crippen LogP contribution is -2.18. The van der Waals surface area contributed by atoms with E-state index in [4.69, 9.17) is 9.15 Å². The quantitative estimate of drug-likeness (QED) is 0.534. The fourth-order valence-electron chi connectivity index (χ4n) is 2.63. The number of benzene rings is 2. The monoisotopic (exact) mass is 339 g/mol. The van der Waals surface area contributed by atoms with Crippen LogP contribution in [0.25, 0.3) is 11.1 Å². The molecule has 25 heavy (non-hydrogen) atoms. The molecular formula is C20H21NO4. The number of rotatable bonds is 4. The molecule has 0 N–H and O–H groups in total.